The van der Waals surface area contributed by atoms with Crippen LogP contribution in [0.25, 0.3) is 0 Å². The largest absolute Gasteiger partial charge is 0.426 e. The predicted molar refractivity (Wildman–Crippen MR) is 107 cm³/mol. The van der Waals surface area contributed by atoms with E-state index in [1.165, 1.54) is 32.1 Å². The van der Waals surface area contributed by atoms with Gasteiger partial charge in [0.25, 0.3) is 5.91 Å². The molecule has 0 atom stereocenters. The summed E-state index contributed by atoms with van der Waals surface area (Å²) >= 11 is 0. The summed E-state index contributed by atoms with van der Waals surface area (Å²) in [7, 11) is 0. The molecule has 0 aromatic heterocycles. The summed E-state index contributed by atoms with van der Waals surface area (Å²) < 4.78 is 5.73. The number of hydrogen-bond acceptors (Lipinski definition) is 3. The Balaban J connectivity index is 1.22. The van der Waals surface area contributed by atoms with Crippen LogP contribution in [0, 0.1) is 29.6 Å². The fourth-order valence-corrected chi connectivity index (χ4v) is 5.89. The Labute approximate surface area is 165 Å². The highest BCUT2D eigenvalue weighted by Gasteiger charge is 2.51. The highest BCUT2D eigenvalue weighted by Crippen LogP contribution is 2.56. The third-order valence-electron chi connectivity index (χ3n) is 6.87. The minimum Gasteiger partial charge on any atom is -0.426 e. The van der Waals surface area contributed by atoms with Crippen molar-refractivity contribution < 1.29 is 14.3 Å². The number of anilines is 1. The van der Waals surface area contributed by atoms with Gasteiger partial charge in [-0.15, -0.1) is 0 Å². The van der Waals surface area contributed by atoms with Crippen molar-refractivity contribution in [1.29, 1.82) is 0 Å². The molecule has 4 bridgehead atoms. The molecule has 0 heterocycles. The quantitative estimate of drug-likeness (QED) is 0.610. The summed E-state index contributed by atoms with van der Waals surface area (Å²) in [6, 6.07) is 16.2. The Bertz CT molecular complexity index is 846. The van der Waals surface area contributed by atoms with E-state index in [-0.39, 0.29) is 17.8 Å². The Kier molecular flexibility index (Phi) is 4.42. The van der Waals surface area contributed by atoms with E-state index in [9.17, 15) is 9.59 Å². The Morgan fingerprint density at radius 2 is 1.39 bits per heavy atom. The van der Waals surface area contributed by atoms with Gasteiger partial charge in [-0.05, 0) is 92.2 Å². The van der Waals surface area contributed by atoms with Crippen molar-refractivity contribution in [3.05, 3.63) is 60.2 Å². The van der Waals surface area contributed by atoms with Gasteiger partial charge in [-0.25, -0.2) is 0 Å². The lowest BCUT2D eigenvalue weighted by molar-refractivity contribution is -0.152. The molecule has 1 N–H and O–H groups in total. The maximum atomic E-state index is 12.9. The molecule has 0 radical (unpaired) electrons. The summed E-state index contributed by atoms with van der Waals surface area (Å²) in [5.41, 5.74) is 1.29. The number of amides is 1. The van der Waals surface area contributed by atoms with E-state index in [1.54, 1.807) is 36.4 Å². The van der Waals surface area contributed by atoms with Gasteiger partial charge in [0.05, 0.1) is 5.92 Å². The van der Waals surface area contributed by atoms with Crippen LogP contribution in [0.3, 0.4) is 0 Å². The normalized spacial score (nSPS) is 30.1. The fourth-order valence-electron chi connectivity index (χ4n) is 5.89. The molecule has 4 fully saturated rings. The number of rotatable bonds is 4. The van der Waals surface area contributed by atoms with Crippen molar-refractivity contribution in [2.24, 2.45) is 29.6 Å². The molecular weight excluding hydrogens is 350 g/mol. The minimum atomic E-state index is -0.154. The van der Waals surface area contributed by atoms with Crippen LogP contribution in [-0.2, 0) is 4.79 Å². The van der Waals surface area contributed by atoms with Crippen LogP contribution in [0.2, 0.25) is 0 Å². The molecule has 1 amide bonds. The molecule has 4 saturated carbocycles. The summed E-state index contributed by atoms with van der Waals surface area (Å²) in [5.74, 6) is 3.15. The van der Waals surface area contributed by atoms with Gasteiger partial charge in [0.15, 0.2) is 0 Å². The van der Waals surface area contributed by atoms with E-state index in [4.69, 9.17) is 4.74 Å². The first-order chi connectivity index (χ1) is 13.7. The molecule has 28 heavy (non-hydrogen) atoms. The number of carbonyl (C=O) groups is 2. The van der Waals surface area contributed by atoms with Gasteiger partial charge in [-0.2, -0.15) is 0 Å². The van der Waals surface area contributed by atoms with E-state index in [2.05, 4.69) is 5.32 Å². The van der Waals surface area contributed by atoms with Gasteiger partial charge in [-0.1, -0.05) is 18.2 Å². The van der Waals surface area contributed by atoms with E-state index in [0.717, 1.165) is 11.8 Å². The summed E-state index contributed by atoms with van der Waals surface area (Å²) in [6.07, 6.45) is 6.20. The van der Waals surface area contributed by atoms with Crippen LogP contribution in [0.1, 0.15) is 42.5 Å². The molecule has 4 nitrogen and oxygen atoms in total. The molecule has 2 aromatic rings. The van der Waals surface area contributed by atoms with E-state index < -0.39 is 0 Å². The van der Waals surface area contributed by atoms with Crippen LogP contribution in [-0.4, -0.2) is 11.9 Å². The van der Waals surface area contributed by atoms with Crippen molar-refractivity contribution >= 4 is 17.6 Å². The van der Waals surface area contributed by atoms with Gasteiger partial charge < -0.3 is 10.1 Å². The lowest BCUT2D eigenvalue weighted by Crippen LogP contribution is -2.49. The van der Waals surface area contributed by atoms with E-state index in [0.29, 0.717) is 28.8 Å². The molecule has 2 aromatic carbocycles. The Hall–Kier alpha value is -2.62. The fraction of sp³-hybridized carbons (Fsp3) is 0.417. The maximum absolute atomic E-state index is 12.9. The topological polar surface area (TPSA) is 55.4 Å². The van der Waals surface area contributed by atoms with E-state index in [1.807, 2.05) is 18.2 Å². The van der Waals surface area contributed by atoms with Crippen LogP contribution in [0.4, 0.5) is 5.69 Å². The number of hydrogen-bond donors (Lipinski definition) is 1. The van der Waals surface area contributed by atoms with Crippen molar-refractivity contribution in [2.75, 3.05) is 5.32 Å². The molecule has 4 aliphatic rings. The van der Waals surface area contributed by atoms with Gasteiger partial charge in [0.1, 0.15) is 5.75 Å². The minimum absolute atomic E-state index is 0.0603. The van der Waals surface area contributed by atoms with Gasteiger partial charge in [-0.3, -0.25) is 9.59 Å². The first-order valence-corrected chi connectivity index (χ1v) is 10.3. The average Bonchev–Trinajstić information content (AvgIpc) is 2.69. The molecule has 0 unspecified atom stereocenters. The molecular formula is C24H25NO3. The Morgan fingerprint density at radius 1 is 0.786 bits per heavy atom. The third-order valence-corrected chi connectivity index (χ3v) is 6.87. The van der Waals surface area contributed by atoms with Gasteiger partial charge >= 0.3 is 5.97 Å². The highest BCUT2D eigenvalue weighted by molar-refractivity contribution is 6.04. The number of benzene rings is 2. The third kappa shape index (κ3) is 3.32. The number of carbonyl (C=O) groups excluding carboxylic acids is 2. The summed E-state index contributed by atoms with van der Waals surface area (Å²) in [6.45, 7) is 0. The molecule has 6 rings (SSSR count). The predicted octanol–water partition coefficient (Wildman–Crippen LogP) is 4.92. The molecule has 0 spiro atoms. The lowest BCUT2D eigenvalue weighted by Gasteiger charge is -2.53. The standard InChI is InChI=1S/C24H25NO3/c26-23(17-4-2-1-3-5-17)25-20-6-8-21(9-7-20)28-24(27)22-18-11-15-10-16(13-18)14-19(22)12-15/h1-9,15-16,18-19,22H,10-14H2,(H,25,26). The summed E-state index contributed by atoms with van der Waals surface area (Å²) in [5, 5.41) is 2.86. The summed E-state index contributed by atoms with van der Waals surface area (Å²) in [4.78, 5) is 25.1. The molecule has 4 aliphatic carbocycles. The maximum Gasteiger partial charge on any atom is 0.314 e. The van der Waals surface area contributed by atoms with Crippen LogP contribution < -0.4 is 10.1 Å². The monoisotopic (exact) mass is 375 g/mol. The molecule has 0 aliphatic heterocycles. The van der Waals surface area contributed by atoms with E-state index >= 15 is 0 Å². The molecule has 0 saturated heterocycles. The zero-order valence-electron chi connectivity index (χ0n) is 15.8. The second kappa shape index (κ2) is 7.08. The van der Waals surface area contributed by atoms with Crippen molar-refractivity contribution in [3.63, 3.8) is 0 Å². The molecule has 144 valence electrons. The zero-order valence-corrected chi connectivity index (χ0v) is 15.8. The second-order valence-electron chi connectivity index (χ2n) is 8.72. The van der Waals surface area contributed by atoms with Gasteiger partial charge in [0, 0.05) is 11.3 Å². The first-order valence-electron chi connectivity index (χ1n) is 10.3. The number of esters is 1. The molecule has 4 heteroatoms. The number of ether oxygens (including phenoxy) is 1. The number of nitrogens with one attached hydrogen (secondary N) is 1. The van der Waals surface area contributed by atoms with Crippen molar-refractivity contribution in [3.8, 4) is 5.75 Å². The average molecular weight is 375 g/mol. The van der Waals surface area contributed by atoms with Crippen LogP contribution in [0.5, 0.6) is 5.75 Å². The lowest BCUT2D eigenvalue weighted by atomic mass is 9.52. The van der Waals surface area contributed by atoms with Gasteiger partial charge in [0.2, 0.25) is 0 Å². The van der Waals surface area contributed by atoms with Crippen molar-refractivity contribution in [2.45, 2.75) is 32.1 Å². The van der Waals surface area contributed by atoms with Crippen LogP contribution >= 0.6 is 0 Å². The van der Waals surface area contributed by atoms with Crippen LogP contribution in [0.15, 0.2) is 54.6 Å². The first kappa shape index (κ1) is 17.5. The highest BCUT2D eigenvalue weighted by atomic mass is 16.5. The smallest absolute Gasteiger partial charge is 0.314 e. The Morgan fingerprint density at radius 3 is 2.00 bits per heavy atom. The second-order valence-corrected chi connectivity index (χ2v) is 8.72. The SMILES string of the molecule is O=C(Nc1ccc(OC(=O)C2C3CC4CC(C3)CC2C4)cc1)c1ccccc1. The zero-order chi connectivity index (χ0) is 19.1. The van der Waals surface area contributed by atoms with Crippen molar-refractivity contribution in [1.82, 2.24) is 0 Å².